The predicted octanol–water partition coefficient (Wildman–Crippen LogP) is 2.06. The highest BCUT2D eigenvalue weighted by atomic mass is 79.9. The van der Waals surface area contributed by atoms with Crippen LogP contribution in [0.1, 0.15) is 5.56 Å². The predicted molar refractivity (Wildman–Crippen MR) is 52.7 cm³/mol. The molecular weight excluding hydrogens is 240 g/mol. The van der Waals surface area contributed by atoms with Gasteiger partial charge in [0.05, 0.1) is 15.6 Å². The molecule has 0 aliphatic rings. The minimum absolute atomic E-state index is 0.0706. The Balaban J connectivity index is 3.05. The van der Waals surface area contributed by atoms with Gasteiger partial charge in [-0.3, -0.25) is 4.79 Å². The second-order valence-electron chi connectivity index (χ2n) is 2.41. The van der Waals surface area contributed by atoms with Gasteiger partial charge < -0.3 is 4.98 Å². The lowest BCUT2D eigenvalue weighted by atomic mass is 10.3. The molecule has 0 saturated heterocycles. The molecule has 0 aromatic carbocycles. The number of rotatable bonds is 0. The molecule has 0 fully saturated rings. The molecule has 0 saturated carbocycles. The molecule has 1 N–H and O–H groups in total. The van der Waals surface area contributed by atoms with Crippen LogP contribution in [0.4, 0.5) is 0 Å². The summed E-state index contributed by atoms with van der Waals surface area (Å²) in [7, 11) is 0. The van der Waals surface area contributed by atoms with Crippen LogP contribution in [0.15, 0.2) is 14.9 Å². The van der Waals surface area contributed by atoms with Crippen LogP contribution in [0.25, 0.3) is 10.2 Å². The summed E-state index contributed by atoms with van der Waals surface area (Å²) in [5, 5.41) is 0. The second-order valence-corrected chi connectivity index (χ2v) is 4.75. The number of hydrogen-bond donors (Lipinski definition) is 1. The van der Waals surface area contributed by atoms with E-state index in [1.807, 2.05) is 6.92 Å². The molecule has 0 unspecified atom stereocenters. The summed E-state index contributed by atoms with van der Waals surface area (Å²) in [5.74, 6) is 0. The van der Waals surface area contributed by atoms with Crippen molar-refractivity contribution in [1.82, 2.24) is 9.97 Å². The van der Waals surface area contributed by atoms with E-state index in [9.17, 15) is 4.79 Å². The first kappa shape index (κ1) is 7.94. The summed E-state index contributed by atoms with van der Waals surface area (Å²) in [6.07, 6.45) is 1.43. The molecule has 0 radical (unpaired) electrons. The van der Waals surface area contributed by atoms with Crippen LogP contribution in [-0.2, 0) is 0 Å². The molecule has 2 rings (SSSR count). The molecule has 0 atom stereocenters. The van der Waals surface area contributed by atoms with E-state index in [-0.39, 0.29) is 5.56 Å². The van der Waals surface area contributed by atoms with Crippen LogP contribution in [0.2, 0.25) is 0 Å². The van der Waals surface area contributed by atoms with Gasteiger partial charge in [-0.1, -0.05) is 0 Å². The number of nitrogens with one attached hydrogen (secondary N) is 1. The van der Waals surface area contributed by atoms with E-state index in [1.54, 1.807) is 0 Å². The fourth-order valence-electron chi connectivity index (χ4n) is 1.01. The van der Waals surface area contributed by atoms with Crippen LogP contribution in [0, 0.1) is 6.92 Å². The monoisotopic (exact) mass is 244 g/mol. The zero-order valence-electron chi connectivity index (χ0n) is 6.22. The van der Waals surface area contributed by atoms with Crippen molar-refractivity contribution in [3.8, 4) is 0 Å². The average Bonchev–Trinajstić information content (AvgIpc) is 2.32. The maximum Gasteiger partial charge on any atom is 0.268 e. The quantitative estimate of drug-likeness (QED) is 0.772. The minimum atomic E-state index is -0.0706. The van der Waals surface area contributed by atoms with Crippen LogP contribution in [0.5, 0.6) is 0 Å². The minimum Gasteiger partial charge on any atom is -0.312 e. The van der Waals surface area contributed by atoms with Gasteiger partial charge in [0.25, 0.3) is 5.56 Å². The van der Waals surface area contributed by atoms with Gasteiger partial charge >= 0.3 is 0 Å². The standard InChI is InChI=1S/C7H5BrN2OS/c1-3-4-5(12-6(3)8)7(11)10-2-9-4/h2H,1H3,(H,9,10,11). The highest BCUT2D eigenvalue weighted by Gasteiger charge is 2.08. The Morgan fingerprint density at radius 3 is 3.08 bits per heavy atom. The molecule has 0 amide bonds. The van der Waals surface area contributed by atoms with Gasteiger partial charge in [0, 0.05) is 5.56 Å². The lowest BCUT2D eigenvalue weighted by molar-refractivity contribution is 1.17. The Hall–Kier alpha value is -0.680. The SMILES string of the molecule is Cc1c(Br)sc2c(=O)[nH]cnc12. The summed E-state index contributed by atoms with van der Waals surface area (Å²) in [6.45, 7) is 1.94. The van der Waals surface area contributed by atoms with Gasteiger partial charge in [-0.2, -0.15) is 0 Å². The van der Waals surface area contributed by atoms with Crippen molar-refractivity contribution in [3.05, 3.63) is 26.0 Å². The van der Waals surface area contributed by atoms with Crippen molar-refractivity contribution >= 4 is 37.5 Å². The zero-order valence-corrected chi connectivity index (χ0v) is 8.62. The Bertz CT molecular complexity index is 488. The third-order valence-corrected chi connectivity index (χ3v) is 3.80. The third-order valence-electron chi connectivity index (χ3n) is 1.65. The molecule has 62 valence electrons. The van der Waals surface area contributed by atoms with Crippen molar-refractivity contribution in [2.75, 3.05) is 0 Å². The fraction of sp³-hybridized carbons (Fsp3) is 0.143. The normalized spacial score (nSPS) is 10.8. The first-order chi connectivity index (χ1) is 5.70. The van der Waals surface area contributed by atoms with Crippen LogP contribution in [-0.4, -0.2) is 9.97 Å². The van der Waals surface area contributed by atoms with Gasteiger partial charge in [-0.25, -0.2) is 4.98 Å². The summed E-state index contributed by atoms with van der Waals surface area (Å²) in [6, 6.07) is 0. The molecule has 2 aromatic rings. The Morgan fingerprint density at radius 1 is 1.67 bits per heavy atom. The summed E-state index contributed by atoms with van der Waals surface area (Å²) in [4.78, 5) is 17.9. The van der Waals surface area contributed by atoms with E-state index in [1.165, 1.54) is 17.7 Å². The molecule has 2 heterocycles. The van der Waals surface area contributed by atoms with Crippen molar-refractivity contribution in [2.24, 2.45) is 0 Å². The largest absolute Gasteiger partial charge is 0.312 e. The Labute approximate surface area is 80.6 Å². The summed E-state index contributed by atoms with van der Waals surface area (Å²) < 4.78 is 1.66. The van der Waals surface area contributed by atoms with Gasteiger partial charge in [0.15, 0.2) is 0 Å². The zero-order chi connectivity index (χ0) is 8.72. The van der Waals surface area contributed by atoms with Crippen LogP contribution in [0.3, 0.4) is 0 Å². The van der Waals surface area contributed by atoms with E-state index in [4.69, 9.17) is 0 Å². The Morgan fingerprint density at radius 2 is 2.42 bits per heavy atom. The number of hydrogen-bond acceptors (Lipinski definition) is 3. The lowest BCUT2D eigenvalue weighted by Crippen LogP contribution is -2.03. The first-order valence-electron chi connectivity index (χ1n) is 3.32. The first-order valence-corrected chi connectivity index (χ1v) is 4.93. The molecule has 3 nitrogen and oxygen atoms in total. The molecule has 0 spiro atoms. The lowest BCUT2D eigenvalue weighted by Gasteiger charge is -1.87. The average molecular weight is 245 g/mol. The maximum absolute atomic E-state index is 11.2. The van der Waals surface area contributed by atoms with Crippen molar-refractivity contribution in [2.45, 2.75) is 6.92 Å². The Kier molecular flexibility index (Phi) is 1.77. The number of H-pyrrole nitrogens is 1. The van der Waals surface area contributed by atoms with Gasteiger partial charge in [0.1, 0.15) is 4.70 Å². The number of fused-ring (bicyclic) bond motifs is 1. The molecule has 0 aliphatic carbocycles. The maximum atomic E-state index is 11.2. The second kappa shape index (κ2) is 2.67. The van der Waals surface area contributed by atoms with E-state index < -0.39 is 0 Å². The number of halogens is 1. The van der Waals surface area contributed by atoms with E-state index in [2.05, 4.69) is 25.9 Å². The van der Waals surface area contributed by atoms with Crippen molar-refractivity contribution < 1.29 is 0 Å². The van der Waals surface area contributed by atoms with E-state index in [0.717, 1.165) is 14.9 Å². The smallest absolute Gasteiger partial charge is 0.268 e. The van der Waals surface area contributed by atoms with Crippen LogP contribution < -0.4 is 5.56 Å². The highest BCUT2D eigenvalue weighted by Crippen LogP contribution is 2.30. The van der Waals surface area contributed by atoms with Crippen molar-refractivity contribution in [1.29, 1.82) is 0 Å². The summed E-state index contributed by atoms with van der Waals surface area (Å²) in [5.41, 5.74) is 1.75. The van der Waals surface area contributed by atoms with E-state index in [0.29, 0.717) is 4.70 Å². The summed E-state index contributed by atoms with van der Waals surface area (Å²) >= 11 is 4.78. The fourth-order valence-corrected chi connectivity index (χ4v) is 2.56. The number of aryl methyl sites for hydroxylation is 1. The number of nitrogens with zero attached hydrogens (tertiary/aromatic N) is 1. The molecule has 5 heteroatoms. The number of aromatic nitrogens is 2. The van der Waals surface area contributed by atoms with Gasteiger partial charge in [0.2, 0.25) is 0 Å². The van der Waals surface area contributed by atoms with Gasteiger partial charge in [-0.15, -0.1) is 11.3 Å². The van der Waals surface area contributed by atoms with Crippen LogP contribution >= 0.6 is 27.3 Å². The van der Waals surface area contributed by atoms with E-state index >= 15 is 0 Å². The van der Waals surface area contributed by atoms with Gasteiger partial charge in [-0.05, 0) is 22.9 Å². The number of aromatic amines is 1. The molecule has 2 aromatic heterocycles. The number of thiophene rings is 1. The molecular formula is C7H5BrN2OS. The third kappa shape index (κ3) is 1.01. The highest BCUT2D eigenvalue weighted by molar-refractivity contribution is 9.11. The van der Waals surface area contributed by atoms with Crippen molar-refractivity contribution in [3.63, 3.8) is 0 Å². The molecule has 12 heavy (non-hydrogen) atoms. The molecule has 0 aliphatic heterocycles. The molecule has 0 bridgehead atoms. The topological polar surface area (TPSA) is 45.8 Å².